The predicted molar refractivity (Wildman–Crippen MR) is 84.5 cm³/mol. The third-order valence-electron chi connectivity index (χ3n) is 3.54. The number of benzene rings is 1. The van der Waals surface area contributed by atoms with Crippen LogP contribution < -0.4 is 5.32 Å². The van der Waals surface area contributed by atoms with Gasteiger partial charge in [0.2, 0.25) is 11.8 Å². The van der Waals surface area contributed by atoms with Crippen molar-refractivity contribution in [2.24, 2.45) is 5.92 Å². The van der Waals surface area contributed by atoms with Crippen molar-refractivity contribution in [2.45, 2.75) is 20.4 Å². The molecule has 0 aliphatic heterocycles. The van der Waals surface area contributed by atoms with Crippen LogP contribution in [0.2, 0.25) is 0 Å². The molecule has 0 spiro atoms. The molecule has 0 saturated heterocycles. The van der Waals surface area contributed by atoms with E-state index in [2.05, 4.69) is 20.6 Å². The Morgan fingerprint density at radius 1 is 1.35 bits per heavy atom. The maximum absolute atomic E-state index is 12.4. The van der Waals surface area contributed by atoms with E-state index < -0.39 is 0 Å². The van der Waals surface area contributed by atoms with Crippen molar-refractivity contribution in [3.8, 4) is 11.1 Å². The topological polar surface area (TPSA) is 85.8 Å². The van der Waals surface area contributed by atoms with E-state index in [9.17, 15) is 4.79 Å². The number of amides is 1. The van der Waals surface area contributed by atoms with Crippen molar-refractivity contribution < 1.29 is 9.32 Å². The summed E-state index contributed by atoms with van der Waals surface area (Å²) in [6.45, 7) is 4.11. The molecule has 1 aromatic carbocycles. The molecule has 1 unspecified atom stereocenters. The van der Waals surface area contributed by atoms with E-state index in [1.54, 1.807) is 11.0 Å². The number of hydrogen-bond acceptors (Lipinski definition) is 5. The van der Waals surface area contributed by atoms with Crippen LogP contribution in [0, 0.1) is 12.8 Å². The molecule has 1 amide bonds. The molecule has 3 aromatic rings. The summed E-state index contributed by atoms with van der Waals surface area (Å²) in [4.78, 5) is 16.2. The second-order valence-electron chi connectivity index (χ2n) is 5.35. The Balaban J connectivity index is 1.77. The van der Waals surface area contributed by atoms with Crippen molar-refractivity contribution in [1.29, 1.82) is 0 Å². The third-order valence-corrected chi connectivity index (χ3v) is 3.54. The maximum Gasteiger partial charge on any atom is 0.239 e. The van der Waals surface area contributed by atoms with Crippen molar-refractivity contribution >= 4 is 11.8 Å². The lowest BCUT2D eigenvalue weighted by molar-refractivity contribution is -0.119. The first-order chi connectivity index (χ1) is 11.1. The van der Waals surface area contributed by atoms with Crippen LogP contribution in [-0.2, 0) is 11.3 Å². The Bertz CT molecular complexity index is 780. The van der Waals surface area contributed by atoms with Gasteiger partial charge in [0.25, 0.3) is 0 Å². The van der Waals surface area contributed by atoms with Crippen LogP contribution in [0.5, 0.6) is 0 Å². The van der Waals surface area contributed by atoms with Crippen LogP contribution in [0.4, 0.5) is 5.88 Å². The smallest absolute Gasteiger partial charge is 0.239 e. The Hall–Kier alpha value is -2.96. The Labute approximate surface area is 133 Å². The van der Waals surface area contributed by atoms with E-state index >= 15 is 0 Å². The average molecular weight is 311 g/mol. The molecule has 0 radical (unpaired) electrons. The number of hydrogen-bond donors (Lipinski definition) is 1. The van der Waals surface area contributed by atoms with Gasteiger partial charge in [-0.2, -0.15) is 5.10 Å². The molecule has 0 bridgehead atoms. The maximum atomic E-state index is 12.4. The van der Waals surface area contributed by atoms with E-state index in [4.69, 9.17) is 4.52 Å². The van der Waals surface area contributed by atoms with Crippen molar-refractivity contribution in [3.05, 3.63) is 48.7 Å². The van der Waals surface area contributed by atoms with Gasteiger partial charge in [-0.3, -0.25) is 14.8 Å². The summed E-state index contributed by atoms with van der Waals surface area (Å²) in [5.74, 6) is -0.0799. The number of carbonyl (C=O) groups excluding carboxylic acids is 1. The third kappa shape index (κ3) is 3.28. The largest absolute Gasteiger partial charge is 0.337 e. The summed E-state index contributed by atoms with van der Waals surface area (Å²) in [5, 5.41) is 10.8. The van der Waals surface area contributed by atoms with E-state index in [0.717, 1.165) is 16.8 Å². The molecule has 0 aliphatic carbocycles. The van der Waals surface area contributed by atoms with Crippen LogP contribution in [-0.4, -0.2) is 25.8 Å². The fourth-order valence-electron chi connectivity index (χ4n) is 2.33. The number of aryl methyl sites for hydroxylation is 1. The normalized spacial score (nSPS) is 12.1. The van der Waals surface area contributed by atoms with Gasteiger partial charge in [-0.15, -0.1) is 0 Å². The van der Waals surface area contributed by atoms with Gasteiger partial charge in [0.1, 0.15) is 12.7 Å². The number of carbonyl (C=O) groups is 1. The van der Waals surface area contributed by atoms with Crippen LogP contribution in [0.3, 0.4) is 0 Å². The average Bonchev–Trinajstić information content (AvgIpc) is 3.18. The molecule has 0 saturated carbocycles. The van der Waals surface area contributed by atoms with Gasteiger partial charge in [-0.25, -0.2) is 4.98 Å². The highest BCUT2D eigenvalue weighted by Crippen LogP contribution is 2.31. The van der Waals surface area contributed by atoms with E-state index in [-0.39, 0.29) is 11.8 Å². The number of aromatic nitrogens is 4. The van der Waals surface area contributed by atoms with Gasteiger partial charge in [0, 0.05) is 0 Å². The minimum atomic E-state index is -0.286. The minimum absolute atomic E-state index is 0.158. The van der Waals surface area contributed by atoms with Crippen LogP contribution >= 0.6 is 0 Å². The van der Waals surface area contributed by atoms with E-state index in [1.807, 2.05) is 44.2 Å². The summed E-state index contributed by atoms with van der Waals surface area (Å²) >= 11 is 0. The summed E-state index contributed by atoms with van der Waals surface area (Å²) in [5.41, 5.74) is 2.48. The zero-order chi connectivity index (χ0) is 16.2. The summed E-state index contributed by atoms with van der Waals surface area (Å²) in [6.07, 6.45) is 3.02. The second-order valence-corrected chi connectivity index (χ2v) is 5.35. The fraction of sp³-hybridized carbons (Fsp3) is 0.250. The molecule has 1 N–H and O–H groups in total. The first-order valence-electron chi connectivity index (χ1n) is 7.30. The molecular weight excluding hydrogens is 294 g/mol. The lowest BCUT2D eigenvalue weighted by Gasteiger charge is -2.11. The molecule has 2 heterocycles. The highest BCUT2D eigenvalue weighted by atomic mass is 16.5. The molecule has 118 valence electrons. The lowest BCUT2D eigenvalue weighted by Crippen LogP contribution is -2.24. The molecule has 1 atom stereocenters. The second kappa shape index (κ2) is 6.43. The monoisotopic (exact) mass is 311 g/mol. The predicted octanol–water partition coefficient (Wildman–Crippen LogP) is 2.52. The van der Waals surface area contributed by atoms with Crippen LogP contribution in [0.15, 0.2) is 47.5 Å². The fourth-order valence-corrected chi connectivity index (χ4v) is 2.33. The first-order valence-corrected chi connectivity index (χ1v) is 7.30. The number of rotatable bonds is 5. The van der Waals surface area contributed by atoms with Crippen LogP contribution in [0.25, 0.3) is 11.1 Å². The van der Waals surface area contributed by atoms with Crippen molar-refractivity contribution in [2.75, 3.05) is 5.32 Å². The highest BCUT2D eigenvalue weighted by molar-refractivity contribution is 5.95. The molecule has 0 aliphatic rings. The number of nitrogens with one attached hydrogen (secondary N) is 1. The zero-order valence-electron chi connectivity index (χ0n) is 12.9. The Morgan fingerprint density at radius 2 is 2.13 bits per heavy atom. The van der Waals surface area contributed by atoms with Crippen LogP contribution in [0.1, 0.15) is 12.6 Å². The zero-order valence-corrected chi connectivity index (χ0v) is 12.9. The lowest BCUT2D eigenvalue weighted by atomic mass is 10.1. The molecule has 7 nitrogen and oxygen atoms in total. The van der Waals surface area contributed by atoms with Gasteiger partial charge in [-0.05, 0) is 12.5 Å². The first kappa shape index (κ1) is 15.0. The Morgan fingerprint density at radius 3 is 2.83 bits per heavy atom. The molecular formula is C16H17N5O2. The standard InChI is InChI=1S/C16H17N5O2/c1-11(8-21-10-17-9-18-21)15(22)19-16-14(12(2)20-23-16)13-6-4-3-5-7-13/h3-7,9-11H,8H2,1-2H3,(H,19,22). The van der Waals surface area contributed by atoms with Gasteiger partial charge in [0.15, 0.2) is 0 Å². The van der Waals surface area contributed by atoms with Crippen molar-refractivity contribution in [1.82, 2.24) is 19.9 Å². The quantitative estimate of drug-likeness (QED) is 0.782. The minimum Gasteiger partial charge on any atom is -0.337 e. The summed E-state index contributed by atoms with van der Waals surface area (Å²) < 4.78 is 6.91. The molecule has 23 heavy (non-hydrogen) atoms. The summed E-state index contributed by atoms with van der Waals surface area (Å²) in [7, 11) is 0. The van der Waals surface area contributed by atoms with E-state index in [0.29, 0.717) is 12.4 Å². The van der Waals surface area contributed by atoms with Gasteiger partial charge >= 0.3 is 0 Å². The highest BCUT2D eigenvalue weighted by Gasteiger charge is 2.20. The molecule has 7 heteroatoms. The van der Waals surface area contributed by atoms with E-state index in [1.165, 1.54) is 6.33 Å². The molecule has 3 rings (SSSR count). The Kier molecular flexibility index (Phi) is 4.18. The SMILES string of the molecule is Cc1noc(NC(=O)C(C)Cn2cncn2)c1-c1ccccc1. The number of anilines is 1. The summed E-state index contributed by atoms with van der Waals surface area (Å²) in [6, 6.07) is 9.70. The van der Waals surface area contributed by atoms with Gasteiger partial charge < -0.3 is 4.52 Å². The van der Waals surface area contributed by atoms with Gasteiger partial charge in [-0.1, -0.05) is 42.4 Å². The van der Waals surface area contributed by atoms with Gasteiger partial charge in [0.05, 0.1) is 23.7 Å². The number of nitrogens with zero attached hydrogens (tertiary/aromatic N) is 4. The van der Waals surface area contributed by atoms with Crippen molar-refractivity contribution in [3.63, 3.8) is 0 Å². The molecule has 2 aromatic heterocycles. The molecule has 0 fully saturated rings.